The highest BCUT2D eigenvalue weighted by atomic mass is 16.6. The van der Waals surface area contributed by atoms with E-state index in [1.165, 1.54) is 24.3 Å². The molecule has 1 atom stereocenters. The highest BCUT2D eigenvalue weighted by Crippen LogP contribution is 2.27. The van der Waals surface area contributed by atoms with E-state index >= 15 is 0 Å². The highest BCUT2D eigenvalue weighted by molar-refractivity contribution is 5.82. The Morgan fingerprint density at radius 2 is 1.73 bits per heavy atom. The molecule has 1 amide bonds. The van der Waals surface area contributed by atoms with Crippen molar-refractivity contribution in [3.63, 3.8) is 0 Å². The molecule has 0 saturated carbocycles. The number of rotatable bonds is 5. The number of hydrogen-bond acceptors (Lipinski definition) is 4. The van der Waals surface area contributed by atoms with Gasteiger partial charge in [0.2, 0.25) is 0 Å². The fourth-order valence-electron chi connectivity index (χ4n) is 2.70. The molecule has 0 spiro atoms. The van der Waals surface area contributed by atoms with Gasteiger partial charge in [-0.25, -0.2) is 0 Å². The van der Waals surface area contributed by atoms with Crippen LogP contribution in [0.25, 0.3) is 0 Å². The van der Waals surface area contributed by atoms with Crippen molar-refractivity contribution in [1.82, 2.24) is 5.32 Å². The van der Waals surface area contributed by atoms with Gasteiger partial charge in [0.05, 0.1) is 4.92 Å². The van der Waals surface area contributed by atoms with Gasteiger partial charge >= 0.3 is 0 Å². The van der Waals surface area contributed by atoms with Crippen molar-refractivity contribution >= 4 is 11.6 Å². The van der Waals surface area contributed by atoms with Crippen LogP contribution in [0.4, 0.5) is 5.69 Å². The first-order valence-corrected chi connectivity index (χ1v) is 7.16. The number of aliphatic hydroxyl groups is 1. The molecule has 0 radical (unpaired) electrons. The summed E-state index contributed by atoms with van der Waals surface area (Å²) in [7, 11) is 0. The quantitative estimate of drug-likeness (QED) is 0.646. The predicted molar refractivity (Wildman–Crippen MR) is 84.3 cm³/mol. The second kappa shape index (κ2) is 6.44. The van der Waals surface area contributed by atoms with Gasteiger partial charge in [0.25, 0.3) is 11.6 Å². The molecular weight excluding hydrogens is 284 g/mol. The van der Waals surface area contributed by atoms with E-state index in [1.54, 1.807) is 0 Å². The molecule has 1 unspecified atom stereocenters. The minimum atomic E-state index is -1.35. The number of nitro groups is 1. The third-order valence-corrected chi connectivity index (χ3v) is 3.10. The molecule has 0 aliphatic carbocycles. The smallest absolute Gasteiger partial charge is 0.269 e. The number of non-ortho nitro benzene ring substituents is 1. The van der Waals surface area contributed by atoms with Crippen molar-refractivity contribution < 1.29 is 14.8 Å². The molecular formula is C16H24N2O4. The molecule has 0 heterocycles. The van der Waals surface area contributed by atoms with Crippen LogP contribution in [-0.4, -0.2) is 21.5 Å². The van der Waals surface area contributed by atoms with Crippen LogP contribution in [0.5, 0.6) is 0 Å². The van der Waals surface area contributed by atoms with Gasteiger partial charge in [-0.15, -0.1) is 0 Å². The van der Waals surface area contributed by atoms with Crippen molar-refractivity contribution in [3.8, 4) is 0 Å². The molecule has 0 aliphatic heterocycles. The van der Waals surface area contributed by atoms with E-state index in [-0.39, 0.29) is 11.1 Å². The van der Waals surface area contributed by atoms with Gasteiger partial charge in [0, 0.05) is 17.7 Å². The highest BCUT2D eigenvalue weighted by Gasteiger charge is 2.29. The van der Waals surface area contributed by atoms with Crippen LogP contribution in [0.2, 0.25) is 0 Å². The fourth-order valence-corrected chi connectivity index (χ4v) is 2.70. The lowest BCUT2D eigenvalue weighted by Gasteiger charge is -2.34. The number of aliphatic hydroxyl groups excluding tert-OH is 1. The third kappa shape index (κ3) is 5.44. The van der Waals surface area contributed by atoms with E-state index in [4.69, 9.17) is 0 Å². The molecule has 2 N–H and O–H groups in total. The Morgan fingerprint density at radius 3 is 2.14 bits per heavy atom. The van der Waals surface area contributed by atoms with E-state index in [2.05, 4.69) is 26.1 Å². The van der Waals surface area contributed by atoms with Crippen molar-refractivity contribution in [3.05, 3.63) is 39.9 Å². The summed E-state index contributed by atoms with van der Waals surface area (Å²) in [6.45, 7) is 10.0. The lowest BCUT2D eigenvalue weighted by Crippen LogP contribution is -2.47. The Hall–Kier alpha value is -1.95. The van der Waals surface area contributed by atoms with Gasteiger partial charge in [0.15, 0.2) is 6.10 Å². The average Bonchev–Trinajstić information content (AvgIpc) is 2.34. The molecule has 6 nitrogen and oxygen atoms in total. The zero-order valence-electron chi connectivity index (χ0n) is 13.7. The first kappa shape index (κ1) is 18.1. The summed E-state index contributed by atoms with van der Waals surface area (Å²) in [6.07, 6.45) is -0.598. The van der Waals surface area contributed by atoms with Crippen LogP contribution in [-0.2, 0) is 4.79 Å². The Morgan fingerprint density at radius 1 is 1.23 bits per heavy atom. The molecule has 1 aromatic rings. The summed E-state index contributed by atoms with van der Waals surface area (Å²) in [6, 6.07) is 5.32. The molecule has 0 aliphatic rings. The number of benzene rings is 1. The predicted octanol–water partition coefficient (Wildman–Crippen LogP) is 2.96. The van der Waals surface area contributed by atoms with E-state index in [1.807, 2.05) is 13.8 Å². The second-order valence-corrected chi connectivity index (χ2v) is 7.36. The zero-order chi connectivity index (χ0) is 17.1. The van der Waals surface area contributed by atoms with Crippen molar-refractivity contribution in [2.45, 2.75) is 52.7 Å². The summed E-state index contributed by atoms with van der Waals surface area (Å²) < 4.78 is 0. The Bertz CT molecular complexity index is 544. The van der Waals surface area contributed by atoms with Crippen molar-refractivity contribution in [1.29, 1.82) is 0 Å². The molecule has 0 bridgehead atoms. The molecule has 22 heavy (non-hydrogen) atoms. The van der Waals surface area contributed by atoms with Crippen molar-refractivity contribution in [2.75, 3.05) is 0 Å². The Labute approximate surface area is 130 Å². The van der Waals surface area contributed by atoms with Crippen molar-refractivity contribution in [2.24, 2.45) is 5.41 Å². The number of nitrogens with zero attached hydrogens (tertiary/aromatic N) is 1. The summed E-state index contributed by atoms with van der Waals surface area (Å²) in [5.41, 5.74) is -0.175. The normalized spacial score (nSPS) is 13.5. The van der Waals surface area contributed by atoms with Crippen LogP contribution in [0.1, 0.15) is 52.7 Å². The summed E-state index contributed by atoms with van der Waals surface area (Å²) in [5.74, 6) is -0.511. The van der Waals surface area contributed by atoms with E-state index in [9.17, 15) is 20.0 Å². The standard InChI is InChI=1S/C16H24N2O4/c1-15(2,3)10-16(4,5)17-14(20)13(19)11-6-8-12(9-7-11)18(21)22/h6-9,13,19H,10H2,1-5H3,(H,17,20). The molecule has 0 fully saturated rings. The lowest BCUT2D eigenvalue weighted by atomic mass is 9.81. The number of nitrogens with one attached hydrogen (secondary N) is 1. The minimum Gasteiger partial charge on any atom is -0.378 e. The van der Waals surface area contributed by atoms with Gasteiger partial charge in [-0.3, -0.25) is 14.9 Å². The van der Waals surface area contributed by atoms with E-state index < -0.39 is 22.5 Å². The van der Waals surface area contributed by atoms with E-state index in [0.717, 1.165) is 6.42 Å². The molecule has 1 aromatic carbocycles. The summed E-state index contributed by atoms with van der Waals surface area (Å²) in [5, 5.41) is 23.5. The maximum atomic E-state index is 12.2. The van der Waals surface area contributed by atoms with Crippen LogP contribution in [0, 0.1) is 15.5 Å². The van der Waals surface area contributed by atoms with Crippen LogP contribution < -0.4 is 5.32 Å². The summed E-state index contributed by atoms with van der Waals surface area (Å²) in [4.78, 5) is 22.2. The monoisotopic (exact) mass is 308 g/mol. The van der Waals surface area contributed by atoms with Gasteiger partial charge in [-0.05, 0) is 43.4 Å². The zero-order valence-corrected chi connectivity index (χ0v) is 13.7. The average molecular weight is 308 g/mol. The molecule has 6 heteroatoms. The number of hydrogen-bond donors (Lipinski definition) is 2. The molecule has 1 rings (SSSR count). The molecule has 0 aromatic heterocycles. The van der Waals surface area contributed by atoms with Gasteiger partial charge in [-0.2, -0.15) is 0 Å². The largest absolute Gasteiger partial charge is 0.378 e. The van der Waals surface area contributed by atoms with Gasteiger partial charge in [-0.1, -0.05) is 20.8 Å². The minimum absolute atomic E-state index is 0.0368. The maximum Gasteiger partial charge on any atom is 0.269 e. The molecule has 122 valence electrons. The van der Waals surface area contributed by atoms with Gasteiger partial charge < -0.3 is 10.4 Å². The number of nitro benzene ring substituents is 1. The first-order chi connectivity index (χ1) is 9.91. The van der Waals surface area contributed by atoms with E-state index in [0.29, 0.717) is 5.56 Å². The second-order valence-electron chi connectivity index (χ2n) is 7.36. The number of carbonyl (C=O) groups excluding carboxylic acids is 1. The van der Waals surface area contributed by atoms with Crippen LogP contribution >= 0.6 is 0 Å². The van der Waals surface area contributed by atoms with Crippen LogP contribution in [0.3, 0.4) is 0 Å². The SMILES string of the molecule is CC(C)(C)CC(C)(C)NC(=O)C(O)c1ccc([N+](=O)[O-])cc1. The molecule has 0 saturated heterocycles. The Kier molecular flexibility index (Phi) is 5.30. The fraction of sp³-hybridized carbons (Fsp3) is 0.562. The Balaban J connectivity index is 2.78. The van der Waals surface area contributed by atoms with Gasteiger partial charge in [0.1, 0.15) is 0 Å². The number of carbonyl (C=O) groups is 1. The van der Waals surface area contributed by atoms with Crippen LogP contribution in [0.15, 0.2) is 24.3 Å². The topological polar surface area (TPSA) is 92.5 Å². The number of amides is 1. The third-order valence-electron chi connectivity index (χ3n) is 3.10. The first-order valence-electron chi connectivity index (χ1n) is 7.16. The maximum absolute atomic E-state index is 12.2. The lowest BCUT2D eigenvalue weighted by molar-refractivity contribution is -0.384. The summed E-state index contributed by atoms with van der Waals surface area (Å²) >= 11 is 0.